The Kier molecular flexibility index (Phi) is 3.01. The highest BCUT2D eigenvalue weighted by atomic mass is 16.1. The van der Waals surface area contributed by atoms with Crippen molar-refractivity contribution in [1.29, 1.82) is 0 Å². The smallest absolute Gasteiger partial charge is 0.259 e. The molecule has 0 fully saturated rings. The summed E-state index contributed by atoms with van der Waals surface area (Å²) in [7, 11) is 1.77. The van der Waals surface area contributed by atoms with Crippen LogP contribution in [0, 0.1) is 0 Å². The number of carbonyl (C=O) groups is 1. The summed E-state index contributed by atoms with van der Waals surface area (Å²) in [4.78, 5) is 15.9. The molecule has 0 aliphatic rings. The Morgan fingerprint density at radius 3 is 3.00 bits per heavy atom. The lowest BCUT2D eigenvalue weighted by Gasteiger charge is -2.06. The second-order valence-corrected chi connectivity index (χ2v) is 3.40. The van der Waals surface area contributed by atoms with Gasteiger partial charge in [-0.15, -0.1) is 0 Å². The zero-order valence-electron chi connectivity index (χ0n) is 9.21. The standard InChI is InChI=1S/C10H12N6O/c1-16-6-7(5-13-16)14-10(17)8-3-2-4-12-9(8)15-11/h2-6H,11H2,1H3,(H,12,15)(H,14,17). The van der Waals surface area contributed by atoms with Crippen LogP contribution in [0.25, 0.3) is 0 Å². The van der Waals surface area contributed by atoms with Crippen molar-refractivity contribution in [2.45, 2.75) is 0 Å². The minimum Gasteiger partial charge on any atom is -0.319 e. The molecule has 17 heavy (non-hydrogen) atoms. The fourth-order valence-corrected chi connectivity index (χ4v) is 1.39. The molecule has 7 heteroatoms. The van der Waals surface area contributed by atoms with Gasteiger partial charge in [0.15, 0.2) is 5.82 Å². The zero-order chi connectivity index (χ0) is 12.3. The van der Waals surface area contributed by atoms with Gasteiger partial charge in [0.1, 0.15) is 0 Å². The second-order valence-electron chi connectivity index (χ2n) is 3.40. The van der Waals surface area contributed by atoms with Gasteiger partial charge in [0, 0.05) is 19.4 Å². The molecular weight excluding hydrogens is 220 g/mol. The van der Waals surface area contributed by atoms with Crippen LogP contribution in [0.15, 0.2) is 30.7 Å². The average Bonchev–Trinajstić information content (AvgIpc) is 2.74. The number of nitrogens with two attached hydrogens (primary N) is 1. The molecule has 0 saturated heterocycles. The SMILES string of the molecule is Cn1cc(NC(=O)c2cccnc2NN)cn1. The quantitative estimate of drug-likeness (QED) is 0.524. The average molecular weight is 232 g/mol. The molecule has 2 aromatic rings. The predicted molar refractivity (Wildman–Crippen MR) is 63.2 cm³/mol. The van der Waals surface area contributed by atoms with Gasteiger partial charge in [0.2, 0.25) is 0 Å². The third kappa shape index (κ3) is 2.40. The number of hydrogen-bond acceptors (Lipinski definition) is 5. The van der Waals surface area contributed by atoms with E-state index in [1.165, 1.54) is 0 Å². The molecule has 0 aliphatic heterocycles. The molecule has 2 rings (SSSR count). The van der Waals surface area contributed by atoms with Gasteiger partial charge < -0.3 is 10.7 Å². The van der Waals surface area contributed by atoms with E-state index in [2.05, 4.69) is 20.8 Å². The summed E-state index contributed by atoms with van der Waals surface area (Å²) in [5, 5.41) is 6.65. The normalized spacial score (nSPS) is 10.0. The molecule has 88 valence electrons. The van der Waals surface area contributed by atoms with Crippen molar-refractivity contribution in [1.82, 2.24) is 14.8 Å². The first-order chi connectivity index (χ1) is 8.20. The van der Waals surface area contributed by atoms with Crippen LogP contribution in [0.3, 0.4) is 0 Å². The first kappa shape index (κ1) is 11.1. The summed E-state index contributed by atoms with van der Waals surface area (Å²) in [6.45, 7) is 0. The number of aryl methyl sites for hydroxylation is 1. The van der Waals surface area contributed by atoms with Crippen molar-refractivity contribution in [2.75, 3.05) is 10.7 Å². The molecule has 0 spiro atoms. The Morgan fingerprint density at radius 1 is 1.53 bits per heavy atom. The number of pyridine rings is 1. The molecule has 4 N–H and O–H groups in total. The molecule has 2 aromatic heterocycles. The van der Waals surface area contributed by atoms with Gasteiger partial charge in [0.05, 0.1) is 17.4 Å². The van der Waals surface area contributed by atoms with Crippen LogP contribution in [-0.2, 0) is 7.05 Å². The fraction of sp³-hybridized carbons (Fsp3) is 0.100. The van der Waals surface area contributed by atoms with Crippen LogP contribution in [0.1, 0.15) is 10.4 Å². The van der Waals surface area contributed by atoms with E-state index in [1.807, 2.05) is 0 Å². The first-order valence-electron chi connectivity index (χ1n) is 4.92. The van der Waals surface area contributed by atoms with Crippen molar-refractivity contribution >= 4 is 17.4 Å². The zero-order valence-corrected chi connectivity index (χ0v) is 9.21. The molecule has 0 unspecified atom stereocenters. The highest BCUT2D eigenvalue weighted by molar-refractivity contribution is 6.07. The van der Waals surface area contributed by atoms with Gasteiger partial charge in [-0.05, 0) is 12.1 Å². The van der Waals surface area contributed by atoms with Crippen molar-refractivity contribution in [2.24, 2.45) is 12.9 Å². The lowest BCUT2D eigenvalue weighted by atomic mass is 10.2. The van der Waals surface area contributed by atoms with Gasteiger partial charge in [0.25, 0.3) is 5.91 Å². The van der Waals surface area contributed by atoms with Crippen LogP contribution in [0.2, 0.25) is 0 Å². The fourth-order valence-electron chi connectivity index (χ4n) is 1.39. The Balaban J connectivity index is 2.20. The molecule has 1 amide bonds. The third-order valence-corrected chi connectivity index (χ3v) is 2.15. The minimum absolute atomic E-state index is 0.293. The van der Waals surface area contributed by atoms with Gasteiger partial charge in [-0.2, -0.15) is 5.10 Å². The molecule has 0 bridgehead atoms. The molecule has 7 nitrogen and oxygen atoms in total. The van der Waals surface area contributed by atoms with Crippen molar-refractivity contribution in [3.05, 3.63) is 36.3 Å². The molecule has 0 radical (unpaired) electrons. The summed E-state index contributed by atoms with van der Waals surface area (Å²) in [5.41, 5.74) is 3.36. The van der Waals surface area contributed by atoms with Crippen molar-refractivity contribution < 1.29 is 4.79 Å². The number of amides is 1. The maximum absolute atomic E-state index is 11.9. The first-order valence-corrected chi connectivity index (χ1v) is 4.92. The van der Waals surface area contributed by atoms with Gasteiger partial charge >= 0.3 is 0 Å². The summed E-state index contributed by atoms with van der Waals surface area (Å²) in [6.07, 6.45) is 4.81. The van der Waals surface area contributed by atoms with E-state index >= 15 is 0 Å². The monoisotopic (exact) mass is 232 g/mol. The highest BCUT2D eigenvalue weighted by Gasteiger charge is 2.12. The molecule has 0 atom stereocenters. The summed E-state index contributed by atoms with van der Waals surface area (Å²) in [5.74, 6) is 5.31. The summed E-state index contributed by atoms with van der Waals surface area (Å²) < 4.78 is 1.60. The number of hydrogen-bond donors (Lipinski definition) is 3. The highest BCUT2D eigenvalue weighted by Crippen LogP contribution is 2.13. The predicted octanol–water partition coefficient (Wildman–Crippen LogP) is 0.353. The second kappa shape index (κ2) is 4.62. The Morgan fingerprint density at radius 2 is 2.35 bits per heavy atom. The number of aromatic nitrogens is 3. The van der Waals surface area contributed by atoms with Gasteiger partial charge in [-0.1, -0.05) is 0 Å². The molecule has 0 saturated carbocycles. The number of carbonyl (C=O) groups excluding carboxylic acids is 1. The lowest BCUT2D eigenvalue weighted by molar-refractivity contribution is 0.102. The molecular formula is C10H12N6O. The number of nitrogen functional groups attached to an aromatic ring is 1. The van der Waals surface area contributed by atoms with Crippen LogP contribution in [0.5, 0.6) is 0 Å². The molecule has 0 aliphatic carbocycles. The van der Waals surface area contributed by atoms with Crippen molar-refractivity contribution in [3.8, 4) is 0 Å². The minimum atomic E-state index is -0.293. The molecule has 2 heterocycles. The summed E-state index contributed by atoms with van der Waals surface area (Å²) in [6, 6.07) is 3.30. The molecule has 0 aromatic carbocycles. The summed E-state index contributed by atoms with van der Waals surface area (Å²) >= 11 is 0. The van der Waals surface area contributed by atoms with Gasteiger partial charge in [-0.3, -0.25) is 9.48 Å². The number of nitrogens with one attached hydrogen (secondary N) is 2. The van der Waals surface area contributed by atoms with Crippen LogP contribution in [-0.4, -0.2) is 20.7 Å². The Labute approximate surface area is 97.6 Å². The van der Waals surface area contributed by atoms with Gasteiger partial charge in [-0.25, -0.2) is 10.8 Å². The largest absolute Gasteiger partial charge is 0.319 e. The maximum Gasteiger partial charge on any atom is 0.259 e. The van der Waals surface area contributed by atoms with E-state index in [9.17, 15) is 4.79 Å². The number of rotatable bonds is 3. The van der Waals surface area contributed by atoms with Crippen molar-refractivity contribution in [3.63, 3.8) is 0 Å². The van der Waals surface area contributed by atoms with Crippen LogP contribution >= 0.6 is 0 Å². The third-order valence-electron chi connectivity index (χ3n) is 2.15. The van der Waals surface area contributed by atoms with E-state index in [0.29, 0.717) is 17.1 Å². The van der Waals surface area contributed by atoms with E-state index in [1.54, 1.807) is 42.5 Å². The van der Waals surface area contributed by atoms with E-state index < -0.39 is 0 Å². The number of hydrazine groups is 1. The van der Waals surface area contributed by atoms with E-state index in [0.717, 1.165) is 0 Å². The lowest BCUT2D eigenvalue weighted by Crippen LogP contribution is -2.18. The van der Waals surface area contributed by atoms with E-state index in [4.69, 9.17) is 5.84 Å². The maximum atomic E-state index is 11.9. The number of nitrogens with zero attached hydrogens (tertiary/aromatic N) is 3. The Bertz CT molecular complexity index is 535. The topological polar surface area (TPSA) is 97.9 Å². The van der Waals surface area contributed by atoms with Crippen LogP contribution in [0.4, 0.5) is 11.5 Å². The van der Waals surface area contributed by atoms with E-state index in [-0.39, 0.29) is 5.91 Å². The number of anilines is 2. The Hall–Kier alpha value is -2.41. The van der Waals surface area contributed by atoms with Crippen LogP contribution < -0.4 is 16.6 Å².